The molecule has 1 aromatic heterocycles. The summed E-state index contributed by atoms with van der Waals surface area (Å²) in [7, 11) is 0. The number of hydrogen-bond donors (Lipinski definition) is 0. The maximum Gasteiger partial charge on any atom is 0.227 e. The van der Waals surface area contributed by atoms with E-state index in [0.29, 0.717) is 5.92 Å². The average molecular weight is 343 g/mol. The van der Waals surface area contributed by atoms with E-state index in [0.717, 1.165) is 50.3 Å². The molecule has 1 fully saturated rings. The van der Waals surface area contributed by atoms with Crippen LogP contribution in [-0.2, 0) is 24.2 Å². The molecule has 25 heavy (non-hydrogen) atoms. The number of imidazole rings is 1. The van der Waals surface area contributed by atoms with Crippen molar-refractivity contribution < 1.29 is 9.18 Å². The number of rotatable bonds is 6. The molecule has 0 N–H and O–H groups in total. The van der Waals surface area contributed by atoms with Crippen molar-refractivity contribution in [1.29, 1.82) is 0 Å². The first-order valence-corrected chi connectivity index (χ1v) is 9.10. The number of carbonyl (C=O) groups excluding carboxylic acids is 1. The number of aromatic nitrogens is 2. The molecule has 1 aromatic carbocycles. The molecule has 2 aromatic rings. The van der Waals surface area contributed by atoms with Gasteiger partial charge in [-0.25, -0.2) is 9.37 Å². The van der Waals surface area contributed by atoms with Crippen LogP contribution in [0.4, 0.5) is 4.39 Å². The highest BCUT2D eigenvalue weighted by Crippen LogP contribution is 2.22. The molecule has 0 spiro atoms. The molecule has 3 rings (SSSR count). The molecule has 1 unspecified atom stereocenters. The molecule has 0 bridgehead atoms. The van der Waals surface area contributed by atoms with Crippen molar-refractivity contribution in [1.82, 2.24) is 14.5 Å². The van der Waals surface area contributed by atoms with Crippen molar-refractivity contribution in [3.63, 3.8) is 0 Å². The lowest BCUT2D eigenvalue weighted by Crippen LogP contribution is -2.30. The molecule has 4 nitrogen and oxygen atoms in total. The Hall–Kier alpha value is -2.17. The first-order chi connectivity index (χ1) is 12.1. The Balaban J connectivity index is 1.57. The molecular formula is C20H26FN3O. The van der Waals surface area contributed by atoms with Gasteiger partial charge in [-0.1, -0.05) is 19.1 Å². The first-order valence-electron chi connectivity index (χ1n) is 9.10. The van der Waals surface area contributed by atoms with Gasteiger partial charge in [0.25, 0.3) is 0 Å². The largest absolute Gasteiger partial charge is 0.342 e. The predicted octanol–water partition coefficient (Wildman–Crippen LogP) is 3.37. The number of amides is 1. The second kappa shape index (κ2) is 7.81. The number of hydrogen-bond acceptors (Lipinski definition) is 2. The van der Waals surface area contributed by atoms with Gasteiger partial charge in [0.15, 0.2) is 0 Å². The lowest BCUT2D eigenvalue weighted by Gasteiger charge is -2.17. The highest BCUT2D eigenvalue weighted by molar-refractivity contribution is 5.79. The summed E-state index contributed by atoms with van der Waals surface area (Å²) in [4.78, 5) is 19.0. The van der Waals surface area contributed by atoms with Gasteiger partial charge in [-0.05, 0) is 43.4 Å². The molecular weight excluding hydrogens is 317 g/mol. The van der Waals surface area contributed by atoms with Crippen LogP contribution in [0.5, 0.6) is 0 Å². The highest BCUT2D eigenvalue weighted by atomic mass is 19.1. The van der Waals surface area contributed by atoms with Gasteiger partial charge in [0, 0.05) is 37.9 Å². The Morgan fingerprint density at radius 3 is 3.00 bits per heavy atom. The standard InChI is InChI=1S/C20H26FN3O/c1-3-8-24-15(2)13-22-19(24)11-17-7-9-23(14-17)20(25)12-16-5-4-6-18(21)10-16/h4-6,10,13,17H,3,7-9,11-12,14H2,1-2H3. The van der Waals surface area contributed by atoms with E-state index < -0.39 is 0 Å². The van der Waals surface area contributed by atoms with Crippen LogP contribution in [-0.4, -0.2) is 33.4 Å². The fourth-order valence-corrected chi connectivity index (χ4v) is 3.62. The van der Waals surface area contributed by atoms with Crippen molar-refractivity contribution in [2.24, 2.45) is 5.92 Å². The van der Waals surface area contributed by atoms with Crippen LogP contribution in [0.3, 0.4) is 0 Å². The summed E-state index contributed by atoms with van der Waals surface area (Å²) < 4.78 is 15.6. The Kier molecular flexibility index (Phi) is 5.51. The number of carbonyl (C=O) groups is 1. The minimum atomic E-state index is -0.289. The molecule has 0 aliphatic carbocycles. The van der Waals surface area contributed by atoms with E-state index in [-0.39, 0.29) is 18.1 Å². The molecule has 1 aliphatic rings. The van der Waals surface area contributed by atoms with Crippen LogP contribution in [0.25, 0.3) is 0 Å². The third kappa shape index (κ3) is 4.27. The Labute approximate surface area is 148 Å². The summed E-state index contributed by atoms with van der Waals surface area (Å²) in [5.74, 6) is 1.38. The normalized spacial score (nSPS) is 17.2. The van der Waals surface area contributed by atoms with Crippen molar-refractivity contribution >= 4 is 5.91 Å². The molecule has 2 heterocycles. The number of aryl methyl sites for hydroxylation is 1. The smallest absolute Gasteiger partial charge is 0.227 e. The fraction of sp³-hybridized carbons (Fsp3) is 0.500. The highest BCUT2D eigenvalue weighted by Gasteiger charge is 2.27. The lowest BCUT2D eigenvalue weighted by atomic mass is 10.0. The molecule has 134 valence electrons. The van der Waals surface area contributed by atoms with Gasteiger partial charge in [-0.3, -0.25) is 4.79 Å². The van der Waals surface area contributed by atoms with Crippen molar-refractivity contribution in [2.75, 3.05) is 13.1 Å². The van der Waals surface area contributed by atoms with E-state index in [2.05, 4.69) is 23.4 Å². The van der Waals surface area contributed by atoms with E-state index in [4.69, 9.17) is 0 Å². The molecule has 1 aliphatic heterocycles. The summed E-state index contributed by atoms with van der Waals surface area (Å²) in [6.07, 6.45) is 5.22. The third-order valence-electron chi connectivity index (χ3n) is 4.94. The SMILES string of the molecule is CCCn1c(C)cnc1CC1CCN(C(=O)Cc2cccc(F)c2)C1. The topological polar surface area (TPSA) is 38.1 Å². The van der Waals surface area contributed by atoms with Crippen LogP contribution in [0.1, 0.15) is 36.8 Å². The number of halogens is 1. The third-order valence-corrected chi connectivity index (χ3v) is 4.94. The molecule has 1 amide bonds. The maximum absolute atomic E-state index is 13.3. The lowest BCUT2D eigenvalue weighted by molar-refractivity contribution is -0.129. The van der Waals surface area contributed by atoms with E-state index in [1.807, 2.05) is 11.1 Å². The average Bonchev–Trinajstić information content (AvgIpc) is 3.17. The summed E-state index contributed by atoms with van der Waals surface area (Å²) in [5.41, 5.74) is 1.94. The summed E-state index contributed by atoms with van der Waals surface area (Å²) in [6.45, 7) is 6.82. The van der Waals surface area contributed by atoms with Gasteiger partial charge >= 0.3 is 0 Å². The molecule has 1 atom stereocenters. The number of likely N-dealkylation sites (tertiary alicyclic amines) is 1. The fourth-order valence-electron chi connectivity index (χ4n) is 3.62. The molecule has 0 radical (unpaired) electrons. The second-order valence-electron chi connectivity index (χ2n) is 6.97. The van der Waals surface area contributed by atoms with E-state index in [1.54, 1.807) is 12.1 Å². The molecule has 1 saturated heterocycles. The Morgan fingerprint density at radius 1 is 1.40 bits per heavy atom. The van der Waals surface area contributed by atoms with E-state index in [9.17, 15) is 9.18 Å². The number of benzene rings is 1. The first kappa shape index (κ1) is 17.6. The summed E-state index contributed by atoms with van der Waals surface area (Å²) in [5, 5.41) is 0. The summed E-state index contributed by atoms with van der Waals surface area (Å²) >= 11 is 0. The minimum absolute atomic E-state index is 0.0844. The van der Waals surface area contributed by atoms with Gasteiger partial charge in [-0.15, -0.1) is 0 Å². The van der Waals surface area contributed by atoms with Gasteiger partial charge in [0.2, 0.25) is 5.91 Å². The van der Waals surface area contributed by atoms with Crippen molar-refractivity contribution in [3.05, 3.63) is 53.4 Å². The zero-order chi connectivity index (χ0) is 17.8. The Bertz CT molecular complexity index is 740. The zero-order valence-corrected chi connectivity index (χ0v) is 15.0. The van der Waals surface area contributed by atoms with Crippen LogP contribution in [0.2, 0.25) is 0 Å². The Morgan fingerprint density at radius 2 is 2.24 bits per heavy atom. The summed E-state index contributed by atoms with van der Waals surface area (Å²) in [6, 6.07) is 6.30. The zero-order valence-electron chi connectivity index (χ0n) is 15.0. The van der Waals surface area contributed by atoms with Gasteiger partial charge in [0.05, 0.1) is 6.42 Å². The van der Waals surface area contributed by atoms with Crippen LogP contribution in [0.15, 0.2) is 30.5 Å². The maximum atomic E-state index is 13.3. The second-order valence-corrected chi connectivity index (χ2v) is 6.97. The number of nitrogens with zero attached hydrogens (tertiary/aromatic N) is 3. The van der Waals surface area contributed by atoms with Gasteiger partial charge < -0.3 is 9.47 Å². The van der Waals surface area contributed by atoms with Crippen LogP contribution in [0, 0.1) is 18.7 Å². The quantitative estimate of drug-likeness (QED) is 0.806. The van der Waals surface area contributed by atoms with Crippen molar-refractivity contribution in [3.8, 4) is 0 Å². The van der Waals surface area contributed by atoms with Gasteiger partial charge in [-0.2, -0.15) is 0 Å². The monoisotopic (exact) mass is 343 g/mol. The van der Waals surface area contributed by atoms with Crippen LogP contribution >= 0.6 is 0 Å². The molecule has 5 heteroatoms. The minimum Gasteiger partial charge on any atom is -0.342 e. The molecule has 0 saturated carbocycles. The van der Waals surface area contributed by atoms with Gasteiger partial charge in [0.1, 0.15) is 11.6 Å². The van der Waals surface area contributed by atoms with Crippen molar-refractivity contribution in [2.45, 2.75) is 46.1 Å². The predicted molar refractivity (Wildman–Crippen MR) is 95.8 cm³/mol. The van der Waals surface area contributed by atoms with E-state index in [1.165, 1.54) is 17.8 Å². The van der Waals surface area contributed by atoms with E-state index >= 15 is 0 Å². The van der Waals surface area contributed by atoms with Crippen LogP contribution < -0.4 is 0 Å².